The normalized spacial score (nSPS) is 24.2. The lowest BCUT2D eigenvalue weighted by Crippen LogP contribution is -2.37. The standard InChI is InChI=1S/C17H18Cl2N2/c1-17(2)13(11-5-7-20-8-6-11)10-16(21-17)12-3-4-14(18)15(19)9-12/h3-9,13,16,21H,10H2,1-2H3/t13-,16-/m0/s1. The van der Waals surface area contributed by atoms with E-state index in [9.17, 15) is 0 Å². The van der Waals surface area contributed by atoms with Crippen molar-refractivity contribution in [2.45, 2.75) is 37.8 Å². The van der Waals surface area contributed by atoms with Crippen LogP contribution in [0.15, 0.2) is 42.7 Å². The molecule has 2 atom stereocenters. The topological polar surface area (TPSA) is 24.9 Å². The minimum Gasteiger partial charge on any atom is -0.304 e. The second-order valence-corrected chi connectivity index (χ2v) is 6.98. The molecule has 1 saturated heterocycles. The molecule has 0 radical (unpaired) electrons. The average Bonchev–Trinajstić information content (AvgIpc) is 2.78. The van der Waals surface area contributed by atoms with Gasteiger partial charge in [0.15, 0.2) is 0 Å². The van der Waals surface area contributed by atoms with Crippen LogP contribution < -0.4 is 5.32 Å². The monoisotopic (exact) mass is 320 g/mol. The van der Waals surface area contributed by atoms with E-state index in [4.69, 9.17) is 23.2 Å². The SMILES string of the molecule is CC1(C)N[C@H](c2ccc(Cl)c(Cl)c2)C[C@H]1c1ccncc1. The van der Waals surface area contributed by atoms with Crippen LogP contribution >= 0.6 is 23.2 Å². The number of nitrogens with zero attached hydrogens (tertiary/aromatic N) is 1. The molecule has 0 unspecified atom stereocenters. The fourth-order valence-corrected chi connectivity index (χ4v) is 3.54. The third-order valence-corrected chi connectivity index (χ3v) is 5.08. The van der Waals surface area contributed by atoms with Crippen LogP contribution in [0.1, 0.15) is 43.4 Å². The van der Waals surface area contributed by atoms with Gasteiger partial charge >= 0.3 is 0 Å². The van der Waals surface area contributed by atoms with E-state index in [0.717, 1.165) is 6.42 Å². The smallest absolute Gasteiger partial charge is 0.0595 e. The van der Waals surface area contributed by atoms with Gasteiger partial charge in [-0.25, -0.2) is 0 Å². The van der Waals surface area contributed by atoms with Crippen LogP contribution in [0.5, 0.6) is 0 Å². The number of pyridine rings is 1. The third-order valence-electron chi connectivity index (χ3n) is 4.34. The number of nitrogens with one attached hydrogen (secondary N) is 1. The zero-order valence-corrected chi connectivity index (χ0v) is 13.6. The van der Waals surface area contributed by atoms with Crippen LogP contribution in [0, 0.1) is 0 Å². The highest BCUT2D eigenvalue weighted by molar-refractivity contribution is 6.42. The first kappa shape index (κ1) is 14.8. The van der Waals surface area contributed by atoms with Gasteiger partial charge < -0.3 is 5.32 Å². The number of aromatic nitrogens is 1. The first-order valence-corrected chi connectivity index (χ1v) is 7.85. The highest BCUT2D eigenvalue weighted by Crippen LogP contribution is 2.44. The van der Waals surface area contributed by atoms with Gasteiger partial charge in [0.25, 0.3) is 0 Å². The molecular weight excluding hydrogens is 303 g/mol. The van der Waals surface area contributed by atoms with Gasteiger partial charge in [0.1, 0.15) is 0 Å². The Hall–Kier alpha value is -1.09. The zero-order valence-electron chi connectivity index (χ0n) is 12.1. The molecule has 2 nitrogen and oxygen atoms in total. The van der Waals surface area contributed by atoms with Gasteiger partial charge in [0.2, 0.25) is 0 Å². The summed E-state index contributed by atoms with van der Waals surface area (Å²) in [5, 5.41) is 4.93. The molecule has 0 bridgehead atoms. The van der Waals surface area contributed by atoms with Crippen molar-refractivity contribution in [2.24, 2.45) is 0 Å². The van der Waals surface area contributed by atoms with Crippen molar-refractivity contribution < 1.29 is 0 Å². The highest BCUT2D eigenvalue weighted by atomic mass is 35.5. The van der Waals surface area contributed by atoms with Gasteiger partial charge in [0.05, 0.1) is 10.0 Å². The average molecular weight is 321 g/mol. The lowest BCUT2D eigenvalue weighted by Gasteiger charge is -2.27. The van der Waals surface area contributed by atoms with Crippen molar-refractivity contribution in [1.82, 2.24) is 10.3 Å². The van der Waals surface area contributed by atoms with E-state index in [1.807, 2.05) is 24.5 Å². The molecule has 21 heavy (non-hydrogen) atoms. The van der Waals surface area contributed by atoms with Crippen molar-refractivity contribution >= 4 is 23.2 Å². The van der Waals surface area contributed by atoms with E-state index >= 15 is 0 Å². The summed E-state index contributed by atoms with van der Waals surface area (Å²) in [4.78, 5) is 4.11. The van der Waals surface area contributed by atoms with Crippen molar-refractivity contribution in [3.63, 3.8) is 0 Å². The first-order chi connectivity index (χ1) is 9.97. The molecule has 1 aromatic heterocycles. The molecule has 0 aliphatic carbocycles. The predicted molar refractivity (Wildman–Crippen MR) is 88.0 cm³/mol. The van der Waals surface area contributed by atoms with E-state index in [0.29, 0.717) is 16.0 Å². The zero-order chi connectivity index (χ0) is 15.0. The summed E-state index contributed by atoms with van der Waals surface area (Å²) in [5.74, 6) is 0.444. The van der Waals surface area contributed by atoms with Gasteiger partial charge in [-0.05, 0) is 55.7 Å². The second kappa shape index (κ2) is 5.60. The molecule has 1 N–H and O–H groups in total. The van der Waals surface area contributed by atoms with E-state index in [1.165, 1.54) is 11.1 Å². The molecule has 0 amide bonds. The Labute approximate surface area is 135 Å². The summed E-state index contributed by atoms with van der Waals surface area (Å²) in [6, 6.07) is 10.4. The van der Waals surface area contributed by atoms with Crippen LogP contribution in [-0.4, -0.2) is 10.5 Å². The number of benzene rings is 1. The van der Waals surface area contributed by atoms with Crippen molar-refractivity contribution in [3.8, 4) is 0 Å². The lowest BCUT2D eigenvalue weighted by atomic mass is 9.83. The molecule has 4 heteroatoms. The number of rotatable bonds is 2. The molecule has 0 saturated carbocycles. The summed E-state index contributed by atoms with van der Waals surface area (Å²) >= 11 is 12.2. The third kappa shape index (κ3) is 2.94. The van der Waals surface area contributed by atoms with Crippen LogP contribution in [0.3, 0.4) is 0 Å². The van der Waals surface area contributed by atoms with E-state index in [2.05, 4.69) is 42.3 Å². The number of hydrogen-bond acceptors (Lipinski definition) is 2. The first-order valence-electron chi connectivity index (χ1n) is 7.10. The van der Waals surface area contributed by atoms with Crippen LogP contribution in [0.4, 0.5) is 0 Å². The maximum absolute atomic E-state index is 6.15. The van der Waals surface area contributed by atoms with Crippen molar-refractivity contribution in [2.75, 3.05) is 0 Å². The molecule has 1 aliphatic heterocycles. The van der Waals surface area contributed by atoms with E-state index < -0.39 is 0 Å². The number of hydrogen-bond donors (Lipinski definition) is 1. The quantitative estimate of drug-likeness (QED) is 0.843. The molecule has 1 fully saturated rings. The van der Waals surface area contributed by atoms with E-state index in [-0.39, 0.29) is 11.6 Å². The van der Waals surface area contributed by atoms with Gasteiger partial charge in [-0.2, -0.15) is 0 Å². The van der Waals surface area contributed by atoms with Crippen molar-refractivity contribution in [3.05, 3.63) is 63.9 Å². The Balaban J connectivity index is 1.89. The molecule has 1 aromatic carbocycles. The summed E-state index contributed by atoms with van der Waals surface area (Å²) in [6.45, 7) is 4.49. The fraction of sp³-hybridized carbons (Fsp3) is 0.353. The van der Waals surface area contributed by atoms with Crippen LogP contribution in [0.2, 0.25) is 10.0 Å². The van der Waals surface area contributed by atoms with Gasteiger partial charge in [0, 0.05) is 29.9 Å². The Morgan fingerprint density at radius 3 is 2.43 bits per heavy atom. The maximum Gasteiger partial charge on any atom is 0.0595 e. The second-order valence-electron chi connectivity index (χ2n) is 6.16. The summed E-state index contributed by atoms with van der Waals surface area (Å²) in [6.07, 6.45) is 4.75. The van der Waals surface area contributed by atoms with Crippen LogP contribution in [0.25, 0.3) is 0 Å². The molecule has 0 spiro atoms. The number of halogens is 2. The minimum absolute atomic E-state index is 0.0259. The summed E-state index contributed by atoms with van der Waals surface area (Å²) < 4.78 is 0. The molecule has 3 rings (SSSR count). The Morgan fingerprint density at radius 2 is 1.76 bits per heavy atom. The van der Waals surface area contributed by atoms with Gasteiger partial charge in [-0.1, -0.05) is 29.3 Å². The van der Waals surface area contributed by atoms with Gasteiger partial charge in [-0.15, -0.1) is 0 Å². The summed E-state index contributed by atoms with van der Waals surface area (Å²) in [7, 11) is 0. The Morgan fingerprint density at radius 1 is 1.05 bits per heavy atom. The van der Waals surface area contributed by atoms with Crippen molar-refractivity contribution in [1.29, 1.82) is 0 Å². The van der Waals surface area contributed by atoms with Gasteiger partial charge in [-0.3, -0.25) is 4.98 Å². The largest absolute Gasteiger partial charge is 0.304 e. The molecule has 110 valence electrons. The van der Waals surface area contributed by atoms with Crippen LogP contribution in [-0.2, 0) is 0 Å². The Bertz CT molecular complexity index is 640. The maximum atomic E-state index is 6.15. The molecule has 2 aromatic rings. The minimum atomic E-state index is 0.0259. The highest BCUT2D eigenvalue weighted by Gasteiger charge is 2.41. The summed E-state index contributed by atoms with van der Waals surface area (Å²) in [5.41, 5.74) is 2.54. The Kier molecular flexibility index (Phi) is 3.96. The fourth-order valence-electron chi connectivity index (χ4n) is 3.24. The molecule has 2 heterocycles. The van der Waals surface area contributed by atoms with E-state index in [1.54, 1.807) is 0 Å². The predicted octanol–water partition coefficient (Wildman–Crippen LogP) is 4.99. The lowest BCUT2D eigenvalue weighted by molar-refractivity contribution is 0.397. The molecule has 1 aliphatic rings. The molecular formula is C17H18Cl2N2.